The van der Waals surface area contributed by atoms with Crippen LogP contribution in [0.3, 0.4) is 0 Å². The molecule has 1 unspecified atom stereocenters. The lowest BCUT2D eigenvalue weighted by atomic mass is 10.1. The van der Waals surface area contributed by atoms with Gasteiger partial charge >= 0.3 is 0 Å². The van der Waals surface area contributed by atoms with E-state index in [-0.39, 0.29) is 11.9 Å². The summed E-state index contributed by atoms with van der Waals surface area (Å²) in [4.78, 5) is 0.889. The number of benzene rings is 1. The highest BCUT2D eigenvalue weighted by atomic mass is 32.2. The second kappa shape index (κ2) is 9.40. The van der Waals surface area contributed by atoms with Crippen molar-refractivity contribution in [2.45, 2.75) is 56.4 Å². The quantitative estimate of drug-likeness (QED) is 0.521. The molecule has 1 aromatic rings. The highest BCUT2D eigenvalue weighted by Gasteiger charge is 2.05. The van der Waals surface area contributed by atoms with Gasteiger partial charge in [0.05, 0.1) is 6.10 Å². The third kappa shape index (κ3) is 7.02. The van der Waals surface area contributed by atoms with Gasteiger partial charge in [0.15, 0.2) is 0 Å². The average molecular weight is 270 g/mol. The number of halogens is 1. The number of aliphatic hydroxyl groups excluding tert-OH is 1. The number of hydrogen-bond acceptors (Lipinski definition) is 2. The minimum atomic E-state index is -0.278. The van der Waals surface area contributed by atoms with Crippen molar-refractivity contribution in [3.05, 3.63) is 30.1 Å². The first kappa shape index (κ1) is 15.5. The lowest BCUT2D eigenvalue weighted by Gasteiger charge is -2.10. The molecule has 0 amide bonds. The molecule has 3 heteroatoms. The highest BCUT2D eigenvalue weighted by molar-refractivity contribution is 7.99. The fourth-order valence-corrected chi connectivity index (χ4v) is 2.74. The molecule has 0 aliphatic rings. The van der Waals surface area contributed by atoms with Crippen LogP contribution in [-0.2, 0) is 0 Å². The Bertz CT molecular complexity index is 330. The van der Waals surface area contributed by atoms with Gasteiger partial charge in [0.1, 0.15) is 5.82 Å². The molecular formula is C15H23FOS. The van der Waals surface area contributed by atoms with E-state index in [9.17, 15) is 9.50 Å². The predicted octanol–water partition coefficient (Wildman–Crippen LogP) is 4.64. The summed E-state index contributed by atoms with van der Waals surface area (Å²) in [5, 5.41) is 9.82. The van der Waals surface area contributed by atoms with Crippen LogP contribution in [0.1, 0.15) is 45.4 Å². The van der Waals surface area contributed by atoms with Crippen molar-refractivity contribution in [2.75, 3.05) is 5.75 Å². The molecule has 0 aromatic heterocycles. The van der Waals surface area contributed by atoms with E-state index in [0.717, 1.165) is 17.7 Å². The van der Waals surface area contributed by atoms with Gasteiger partial charge < -0.3 is 5.11 Å². The second-order valence-corrected chi connectivity index (χ2v) is 5.72. The van der Waals surface area contributed by atoms with Crippen LogP contribution in [0.4, 0.5) is 4.39 Å². The topological polar surface area (TPSA) is 20.2 Å². The van der Waals surface area contributed by atoms with Gasteiger partial charge in [0.2, 0.25) is 0 Å². The molecule has 0 radical (unpaired) electrons. The fourth-order valence-electron chi connectivity index (χ4n) is 1.82. The van der Waals surface area contributed by atoms with Crippen molar-refractivity contribution in [3.63, 3.8) is 0 Å². The normalized spacial score (nSPS) is 12.6. The van der Waals surface area contributed by atoms with Crippen LogP contribution in [0.5, 0.6) is 0 Å². The summed E-state index contributed by atoms with van der Waals surface area (Å²) < 4.78 is 12.9. The first-order valence-electron chi connectivity index (χ1n) is 6.78. The Hall–Kier alpha value is -0.540. The Labute approximate surface area is 114 Å². The van der Waals surface area contributed by atoms with Crippen LogP contribution in [0.25, 0.3) is 0 Å². The maximum Gasteiger partial charge on any atom is 0.124 e. The highest BCUT2D eigenvalue weighted by Crippen LogP contribution is 2.21. The van der Waals surface area contributed by atoms with E-state index in [2.05, 4.69) is 6.92 Å². The summed E-state index contributed by atoms with van der Waals surface area (Å²) in [5.41, 5.74) is 0. The molecule has 0 bridgehead atoms. The zero-order valence-corrected chi connectivity index (χ0v) is 11.9. The van der Waals surface area contributed by atoms with E-state index >= 15 is 0 Å². The number of thioether (sulfide) groups is 1. The molecule has 1 atom stereocenters. The summed E-state index contributed by atoms with van der Waals surface area (Å²) in [5.74, 6) is 0.436. The van der Waals surface area contributed by atoms with Gasteiger partial charge in [-0.3, -0.25) is 0 Å². The van der Waals surface area contributed by atoms with Crippen molar-refractivity contribution in [1.82, 2.24) is 0 Å². The van der Waals surface area contributed by atoms with E-state index in [1.165, 1.54) is 49.6 Å². The zero-order chi connectivity index (χ0) is 13.2. The van der Waals surface area contributed by atoms with Crippen LogP contribution in [0, 0.1) is 5.82 Å². The molecule has 102 valence electrons. The Morgan fingerprint density at radius 3 is 2.72 bits per heavy atom. The van der Waals surface area contributed by atoms with E-state index < -0.39 is 0 Å². The maximum absolute atomic E-state index is 12.9. The lowest BCUT2D eigenvalue weighted by Crippen LogP contribution is -2.09. The molecule has 0 saturated heterocycles. The van der Waals surface area contributed by atoms with Gasteiger partial charge in [-0.2, -0.15) is 0 Å². The van der Waals surface area contributed by atoms with Gasteiger partial charge in [-0.25, -0.2) is 4.39 Å². The molecule has 0 spiro atoms. The number of rotatable bonds is 9. The van der Waals surface area contributed by atoms with E-state index in [0.29, 0.717) is 5.75 Å². The minimum absolute atomic E-state index is 0.214. The summed E-state index contributed by atoms with van der Waals surface area (Å²) >= 11 is 1.52. The van der Waals surface area contributed by atoms with Crippen molar-refractivity contribution in [2.24, 2.45) is 0 Å². The van der Waals surface area contributed by atoms with Gasteiger partial charge in [0, 0.05) is 10.6 Å². The van der Waals surface area contributed by atoms with E-state index in [4.69, 9.17) is 0 Å². The van der Waals surface area contributed by atoms with Gasteiger partial charge in [-0.15, -0.1) is 11.8 Å². The van der Waals surface area contributed by atoms with Crippen molar-refractivity contribution in [3.8, 4) is 0 Å². The molecule has 1 aromatic carbocycles. The number of aliphatic hydroxyl groups is 1. The first-order chi connectivity index (χ1) is 8.72. The van der Waals surface area contributed by atoms with Crippen LogP contribution in [0.15, 0.2) is 29.2 Å². The van der Waals surface area contributed by atoms with E-state index in [1.54, 1.807) is 6.07 Å². The number of unbranched alkanes of at least 4 members (excludes halogenated alkanes) is 4. The van der Waals surface area contributed by atoms with Crippen LogP contribution >= 0.6 is 11.8 Å². The fraction of sp³-hybridized carbons (Fsp3) is 0.600. The van der Waals surface area contributed by atoms with Crippen molar-refractivity contribution < 1.29 is 9.50 Å². The van der Waals surface area contributed by atoms with Gasteiger partial charge in [0.25, 0.3) is 0 Å². The standard InChI is InChI=1S/C15H23FOS/c1-2-3-4-5-6-9-14(17)12-18-15-10-7-8-13(16)11-15/h7-8,10-11,14,17H,2-6,9,12H2,1H3. The molecular weight excluding hydrogens is 247 g/mol. The van der Waals surface area contributed by atoms with Crippen molar-refractivity contribution >= 4 is 11.8 Å². The van der Waals surface area contributed by atoms with Crippen LogP contribution in [0.2, 0.25) is 0 Å². The summed E-state index contributed by atoms with van der Waals surface area (Å²) in [7, 11) is 0. The zero-order valence-electron chi connectivity index (χ0n) is 11.1. The Morgan fingerprint density at radius 1 is 1.22 bits per heavy atom. The third-order valence-corrected chi connectivity index (χ3v) is 4.02. The molecule has 1 rings (SSSR count). The molecule has 0 aliphatic heterocycles. The van der Waals surface area contributed by atoms with Gasteiger partial charge in [-0.1, -0.05) is 45.1 Å². The Kier molecular flexibility index (Phi) is 8.10. The largest absolute Gasteiger partial charge is 0.392 e. The average Bonchev–Trinajstić information content (AvgIpc) is 2.36. The Morgan fingerprint density at radius 2 is 2.00 bits per heavy atom. The SMILES string of the molecule is CCCCCCCC(O)CSc1cccc(F)c1. The monoisotopic (exact) mass is 270 g/mol. The Balaban J connectivity index is 2.11. The number of hydrogen-bond donors (Lipinski definition) is 1. The van der Waals surface area contributed by atoms with Crippen LogP contribution < -0.4 is 0 Å². The first-order valence-corrected chi connectivity index (χ1v) is 7.77. The summed E-state index contributed by atoms with van der Waals surface area (Å²) in [6.07, 6.45) is 6.67. The predicted molar refractivity (Wildman–Crippen MR) is 76.5 cm³/mol. The van der Waals surface area contributed by atoms with Crippen molar-refractivity contribution in [1.29, 1.82) is 0 Å². The molecule has 0 aliphatic carbocycles. The molecule has 18 heavy (non-hydrogen) atoms. The maximum atomic E-state index is 12.9. The summed E-state index contributed by atoms with van der Waals surface area (Å²) in [6, 6.07) is 6.53. The smallest absolute Gasteiger partial charge is 0.124 e. The lowest BCUT2D eigenvalue weighted by molar-refractivity contribution is 0.185. The molecule has 1 N–H and O–H groups in total. The molecule has 0 fully saturated rings. The second-order valence-electron chi connectivity index (χ2n) is 4.63. The molecule has 0 saturated carbocycles. The molecule has 0 heterocycles. The third-order valence-electron chi connectivity index (χ3n) is 2.88. The van der Waals surface area contributed by atoms with E-state index in [1.807, 2.05) is 6.07 Å². The van der Waals surface area contributed by atoms with Gasteiger partial charge in [-0.05, 0) is 24.6 Å². The minimum Gasteiger partial charge on any atom is -0.392 e. The van der Waals surface area contributed by atoms with Crippen LogP contribution in [-0.4, -0.2) is 17.0 Å². The summed E-state index contributed by atoms with van der Waals surface area (Å²) in [6.45, 7) is 2.20. The molecule has 1 nitrogen and oxygen atoms in total.